The Hall–Kier alpha value is -2.62. The Kier molecular flexibility index (Phi) is 4.38. The SMILES string of the molecule is CCCc1c(-c2ccccc2)c(OC)c(O)c2oc(OC)c(C)c12. The zero-order valence-corrected chi connectivity index (χ0v) is 14.5. The van der Waals surface area contributed by atoms with Crippen molar-refractivity contribution in [3.05, 3.63) is 41.5 Å². The van der Waals surface area contributed by atoms with Crippen molar-refractivity contribution in [2.45, 2.75) is 26.7 Å². The fraction of sp³-hybridized carbons (Fsp3) is 0.300. The maximum Gasteiger partial charge on any atom is 0.288 e. The number of furan rings is 1. The Morgan fingerprint density at radius 1 is 1.08 bits per heavy atom. The van der Waals surface area contributed by atoms with E-state index in [1.807, 2.05) is 37.3 Å². The van der Waals surface area contributed by atoms with Gasteiger partial charge in [0.15, 0.2) is 11.3 Å². The van der Waals surface area contributed by atoms with Crippen LogP contribution >= 0.6 is 0 Å². The monoisotopic (exact) mass is 326 g/mol. The van der Waals surface area contributed by atoms with Gasteiger partial charge in [-0.2, -0.15) is 0 Å². The highest BCUT2D eigenvalue weighted by Gasteiger charge is 2.26. The number of phenols is 1. The zero-order valence-electron chi connectivity index (χ0n) is 14.5. The van der Waals surface area contributed by atoms with Gasteiger partial charge in [-0.3, -0.25) is 0 Å². The van der Waals surface area contributed by atoms with Gasteiger partial charge in [0.05, 0.1) is 14.2 Å². The van der Waals surface area contributed by atoms with E-state index in [-0.39, 0.29) is 5.75 Å². The van der Waals surface area contributed by atoms with E-state index in [0.29, 0.717) is 17.3 Å². The summed E-state index contributed by atoms with van der Waals surface area (Å²) in [6.45, 7) is 4.08. The molecule has 0 bridgehead atoms. The third-order valence-electron chi connectivity index (χ3n) is 4.32. The molecule has 0 fully saturated rings. The van der Waals surface area contributed by atoms with Crippen molar-refractivity contribution in [2.24, 2.45) is 0 Å². The molecule has 0 aliphatic carbocycles. The van der Waals surface area contributed by atoms with Crippen LogP contribution in [0, 0.1) is 6.92 Å². The molecule has 3 aromatic rings. The number of fused-ring (bicyclic) bond motifs is 1. The average molecular weight is 326 g/mol. The van der Waals surface area contributed by atoms with Crippen LogP contribution in [0.25, 0.3) is 22.1 Å². The largest absolute Gasteiger partial charge is 0.502 e. The maximum atomic E-state index is 10.7. The van der Waals surface area contributed by atoms with Gasteiger partial charge in [0, 0.05) is 16.5 Å². The number of aryl methyl sites for hydroxylation is 2. The predicted octanol–water partition coefficient (Wildman–Crippen LogP) is 5.08. The lowest BCUT2D eigenvalue weighted by Crippen LogP contribution is -1.97. The summed E-state index contributed by atoms with van der Waals surface area (Å²) >= 11 is 0. The second-order valence-corrected chi connectivity index (χ2v) is 5.77. The number of ether oxygens (including phenoxy) is 2. The summed E-state index contributed by atoms with van der Waals surface area (Å²) in [6.07, 6.45) is 1.82. The lowest BCUT2D eigenvalue weighted by atomic mass is 9.91. The Morgan fingerprint density at radius 3 is 2.38 bits per heavy atom. The van der Waals surface area contributed by atoms with Crippen LogP contribution < -0.4 is 9.47 Å². The molecule has 1 aromatic heterocycles. The second kappa shape index (κ2) is 6.48. The molecule has 2 aromatic carbocycles. The van der Waals surface area contributed by atoms with E-state index in [9.17, 15) is 5.11 Å². The highest BCUT2D eigenvalue weighted by atomic mass is 16.6. The zero-order chi connectivity index (χ0) is 17.3. The highest BCUT2D eigenvalue weighted by Crippen LogP contribution is 2.50. The summed E-state index contributed by atoms with van der Waals surface area (Å²) in [5, 5.41) is 11.7. The number of aromatic hydroxyl groups is 1. The molecule has 0 saturated carbocycles. The minimum Gasteiger partial charge on any atom is -0.502 e. The standard InChI is InChI=1S/C20H22O4/c1-5-9-14-15-12(2)20(23-4)24-19(15)17(21)18(22-3)16(14)13-10-7-6-8-11-13/h6-8,10-11,21H,5,9H2,1-4H3. The summed E-state index contributed by atoms with van der Waals surface area (Å²) in [5.74, 6) is 0.871. The molecular weight excluding hydrogens is 304 g/mol. The fourth-order valence-electron chi connectivity index (χ4n) is 3.31. The molecule has 24 heavy (non-hydrogen) atoms. The van der Waals surface area contributed by atoms with Crippen LogP contribution in [0.1, 0.15) is 24.5 Å². The molecule has 0 atom stereocenters. The van der Waals surface area contributed by atoms with Crippen molar-refractivity contribution < 1.29 is 19.0 Å². The minimum atomic E-state index is 0.0117. The third kappa shape index (κ3) is 2.39. The third-order valence-corrected chi connectivity index (χ3v) is 4.32. The maximum absolute atomic E-state index is 10.7. The Labute approximate surface area is 141 Å². The number of phenolic OH excluding ortho intramolecular Hbond substituents is 1. The highest BCUT2D eigenvalue weighted by molar-refractivity contribution is 6.00. The van der Waals surface area contributed by atoms with Crippen LogP contribution in [0.15, 0.2) is 34.7 Å². The van der Waals surface area contributed by atoms with Crippen molar-refractivity contribution in [3.8, 4) is 28.6 Å². The molecule has 126 valence electrons. The number of hydrogen-bond donors (Lipinski definition) is 1. The lowest BCUT2D eigenvalue weighted by Gasteiger charge is -2.17. The molecule has 0 aliphatic heterocycles. The van der Waals surface area contributed by atoms with Crippen molar-refractivity contribution in [1.29, 1.82) is 0 Å². The van der Waals surface area contributed by atoms with E-state index < -0.39 is 0 Å². The topological polar surface area (TPSA) is 51.8 Å². The van der Waals surface area contributed by atoms with E-state index in [2.05, 4.69) is 6.92 Å². The Morgan fingerprint density at radius 2 is 1.79 bits per heavy atom. The molecule has 0 amide bonds. The van der Waals surface area contributed by atoms with Crippen LogP contribution in [-0.4, -0.2) is 19.3 Å². The summed E-state index contributed by atoms with van der Waals surface area (Å²) in [6, 6.07) is 9.98. The van der Waals surface area contributed by atoms with Crippen LogP contribution in [0.4, 0.5) is 0 Å². The van der Waals surface area contributed by atoms with Crippen LogP contribution in [0.2, 0.25) is 0 Å². The predicted molar refractivity (Wildman–Crippen MR) is 95.2 cm³/mol. The molecule has 4 heteroatoms. The van der Waals surface area contributed by atoms with E-state index in [0.717, 1.165) is 40.5 Å². The summed E-state index contributed by atoms with van der Waals surface area (Å²) in [5.41, 5.74) is 4.35. The van der Waals surface area contributed by atoms with Gasteiger partial charge in [-0.25, -0.2) is 0 Å². The van der Waals surface area contributed by atoms with Gasteiger partial charge >= 0.3 is 0 Å². The van der Waals surface area contributed by atoms with Gasteiger partial charge in [-0.1, -0.05) is 43.7 Å². The summed E-state index contributed by atoms with van der Waals surface area (Å²) in [7, 11) is 3.13. The quantitative estimate of drug-likeness (QED) is 0.710. The van der Waals surface area contributed by atoms with E-state index in [1.165, 1.54) is 0 Å². The number of methoxy groups -OCH3 is 2. The van der Waals surface area contributed by atoms with Crippen molar-refractivity contribution in [2.75, 3.05) is 14.2 Å². The molecule has 0 unspecified atom stereocenters. The van der Waals surface area contributed by atoms with E-state index >= 15 is 0 Å². The van der Waals surface area contributed by atoms with Gasteiger partial charge in [0.25, 0.3) is 5.95 Å². The van der Waals surface area contributed by atoms with Crippen LogP contribution in [0.3, 0.4) is 0 Å². The molecule has 0 aliphatic rings. The van der Waals surface area contributed by atoms with Crippen LogP contribution in [-0.2, 0) is 6.42 Å². The van der Waals surface area contributed by atoms with Crippen molar-refractivity contribution in [1.82, 2.24) is 0 Å². The van der Waals surface area contributed by atoms with Gasteiger partial charge < -0.3 is 19.0 Å². The molecule has 0 spiro atoms. The van der Waals surface area contributed by atoms with Gasteiger partial charge in [-0.05, 0) is 24.5 Å². The van der Waals surface area contributed by atoms with Crippen molar-refractivity contribution >= 4 is 11.0 Å². The first-order valence-electron chi connectivity index (χ1n) is 8.08. The van der Waals surface area contributed by atoms with E-state index in [1.54, 1.807) is 14.2 Å². The van der Waals surface area contributed by atoms with Gasteiger partial charge in [0.2, 0.25) is 5.75 Å². The number of rotatable bonds is 5. The molecule has 3 rings (SSSR count). The summed E-state index contributed by atoms with van der Waals surface area (Å²) < 4.78 is 16.6. The molecular formula is C20H22O4. The van der Waals surface area contributed by atoms with E-state index in [4.69, 9.17) is 13.9 Å². The minimum absolute atomic E-state index is 0.0117. The van der Waals surface area contributed by atoms with Crippen LogP contribution in [0.5, 0.6) is 17.4 Å². The molecule has 0 saturated heterocycles. The van der Waals surface area contributed by atoms with Crippen molar-refractivity contribution in [3.63, 3.8) is 0 Å². The first-order valence-corrected chi connectivity index (χ1v) is 8.08. The Balaban J connectivity index is 2.48. The molecule has 1 heterocycles. The van der Waals surface area contributed by atoms with Gasteiger partial charge in [-0.15, -0.1) is 0 Å². The first-order chi connectivity index (χ1) is 11.6. The summed E-state index contributed by atoms with van der Waals surface area (Å²) in [4.78, 5) is 0. The average Bonchev–Trinajstić information content (AvgIpc) is 2.95. The number of benzene rings is 2. The fourth-order valence-corrected chi connectivity index (χ4v) is 3.31. The molecule has 4 nitrogen and oxygen atoms in total. The first kappa shape index (κ1) is 16.2. The second-order valence-electron chi connectivity index (χ2n) is 5.77. The Bertz CT molecular complexity index is 863. The normalized spacial score (nSPS) is 11.0. The lowest BCUT2D eigenvalue weighted by molar-refractivity contribution is 0.308. The smallest absolute Gasteiger partial charge is 0.288 e. The number of hydrogen-bond acceptors (Lipinski definition) is 4. The molecule has 1 N–H and O–H groups in total. The van der Waals surface area contributed by atoms with Gasteiger partial charge in [0.1, 0.15) is 0 Å². The molecule has 0 radical (unpaired) electrons.